The van der Waals surface area contributed by atoms with Crippen LogP contribution in [0.3, 0.4) is 0 Å². The van der Waals surface area contributed by atoms with Gasteiger partial charge in [0.15, 0.2) is 23.8 Å². The quantitative estimate of drug-likeness (QED) is 0.0119. The summed E-state index contributed by atoms with van der Waals surface area (Å²) in [6.07, 6.45) is -9.82. The number of nitrogen functional groups attached to an aromatic ring is 2. The smallest absolute Gasteiger partial charge is 0.455 e. The molecule has 1 aromatic carbocycles. The van der Waals surface area contributed by atoms with E-state index in [1.807, 2.05) is 0 Å². The molecule has 9 atom stereocenters. The molecule has 380 valence electrons. The zero-order valence-electron chi connectivity index (χ0n) is 37.3. The average Bonchev–Trinajstić information content (AvgIpc) is 3.97. The highest BCUT2D eigenvalue weighted by molar-refractivity contribution is 7.47. The number of nitrogens with zero attached hydrogens (tertiary/aromatic N) is 9. The number of benzene rings is 1. The third-order valence-corrected chi connectivity index (χ3v) is 11.5. The van der Waals surface area contributed by atoms with E-state index >= 15 is 0 Å². The normalized spacial score (nSPS) is 22.6. The maximum atomic E-state index is 14.0. The van der Waals surface area contributed by atoms with E-state index in [9.17, 15) is 48.1 Å². The lowest BCUT2D eigenvalue weighted by atomic mass is 10.1. The molecule has 2 aliphatic heterocycles. The summed E-state index contributed by atoms with van der Waals surface area (Å²) in [5.74, 6) is -1.32. The Morgan fingerprint density at radius 2 is 1.74 bits per heavy atom. The molecule has 0 aliphatic carbocycles. The zero-order chi connectivity index (χ0) is 51.0. The van der Waals surface area contributed by atoms with Gasteiger partial charge in [-0.05, 0) is 50.8 Å². The van der Waals surface area contributed by atoms with Crippen LogP contribution in [0.25, 0.3) is 21.6 Å². The van der Waals surface area contributed by atoms with Crippen LogP contribution < -0.4 is 27.8 Å². The van der Waals surface area contributed by atoms with Gasteiger partial charge in [0.1, 0.15) is 66.6 Å². The lowest BCUT2D eigenvalue weighted by molar-refractivity contribution is -0.159. The molecule has 0 bridgehead atoms. The lowest BCUT2D eigenvalue weighted by Gasteiger charge is -2.26. The van der Waals surface area contributed by atoms with Crippen molar-refractivity contribution in [3.63, 3.8) is 0 Å². The highest BCUT2D eigenvalue weighted by Crippen LogP contribution is 2.50. The summed E-state index contributed by atoms with van der Waals surface area (Å²) < 4.78 is 70.7. The molecule has 2 amide bonds. The molecular formula is C37H49N13O18P2. The number of nitrogens with one attached hydrogen (secondary N) is 2. The number of rotatable bonds is 20. The number of hydrogen-bond donors (Lipinski definition) is 8. The molecule has 70 heavy (non-hydrogen) atoms. The van der Waals surface area contributed by atoms with Gasteiger partial charge < -0.3 is 65.6 Å². The number of alkyl carbamates (subject to hydrolysis) is 2. The van der Waals surface area contributed by atoms with Crippen molar-refractivity contribution in [3.8, 4) is 0 Å². The van der Waals surface area contributed by atoms with Gasteiger partial charge in [-0.15, -0.1) is 0 Å². The van der Waals surface area contributed by atoms with Crippen LogP contribution in [-0.2, 0) is 57.8 Å². The molecule has 0 spiro atoms. The van der Waals surface area contributed by atoms with Crippen LogP contribution in [0.4, 0.5) is 26.9 Å². The predicted octanol–water partition coefficient (Wildman–Crippen LogP) is 1.86. The summed E-state index contributed by atoms with van der Waals surface area (Å²) in [5, 5.41) is 20.2. The standard InChI is InChI=1S/C37H49N13O18P2/c1-37(2,3)67-36(55)45-21(5-4-11-41-35(54)61-14-19-6-8-20(9-7-19)47-48-40)33(52)66-29-24(65-32(28(29)51)50-18-44-27-30(39)42-17-43-31(27)50)16-63-70(59,60)68-22-13-26(49-12-10-25(38)46-34(49)53)64-23(22)15-62-69(56,57)58/h6-10,12,17-18,21-24,26,28-29,32,51H,4-5,11,13-16H2,1-3H3,(H,41,54)(H,45,55)(H,59,60)(H2,38,46,53)(H2,39,42,43)(H2,56,57,58)/t21-,22-,23+,24+,26+,28+,29+,32+/m0/s1. The van der Waals surface area contributed by atoms with E-state index in [2.05, 4.69) is 45.1 Å². The number of fused-ring (bicyclic) bond motifs is 1. The van der Waals surface area contributed by atoms with E-state index in [0.717, 1.165) is 10.9 Å². The summed E-state index contributed by atoms with van der Waals surface area (Å²) in [6.45, 7) is 2.70. The molecule has 1 unspecified atom stereocenters. The highest BCUT2D eigenvalue weighted by Gasteiger charge is 2.50. The van der Waals surface area contributed by atoms with Gasteiger partial charge in [0.05, 0.1) is 19.5 Å². The van der Waals surface area contributed by atoms with Crippen molar-refractivity contribution in [1.29, 1.82) is 0 Å². The maximum Gasteiger partial charge on any atom is 0.472 e. The molecule has 31 nitrogen and oxygen atoms in total. The van der Waals surface area contributed by atoms with Gasteiger partial charge in [-0.3, -0.25) is 22.7 Å². The van der Waals surface area contributed by atoms with Gasteiger partial charge in [-0.1, -0.05) is 29.4 Å². The number of aliphatic hydroxyl groups excluding tert-OH is 1. The van der Waals surface area contributed by atoms with Crippen LogP contribution in [0.1, 0.15) is 58.1 Å². The van der Waals surface area contributed by atoms with Gasteiger partial charge >= 0.3 is 39.5 Å². The minimum atomic E-state index is -5.30. The van der Waals surface area contributed by atoms with Crippen molar-refractivity contribution < 1.29 is 80.6 Å². The number of esters is 1. The summed E-state index contributed by atoms with van der Waals surface area (Å²) >= 11 is 0. The van der Waals surface area contributed by atoms with Crippen LogP contribution in [0.15, 0.2) is 59.1 Å². The molecular weight excluding hydrogens is 976 g/mol. The van der Waals surface area contributed by atoms with Gasteiger partial charge in [0.25, 0.3) is 0 Å². The van der Waals surface area contributed by atoms with Crippen molar-refractivity contribution in [3.05, 3.63) is 75.7 Å². The summed E-state index contributed by atoms with van der Waals surface area (Å²) in [6, 6.07) is 6.02. The summed E-state index contributed by atoms with van der Waals surface area (Å²) in [7, 11) is -10.4. The monoisotopic (exact) mass is 1030 g/mol. The van der Waals surface area contributed by atoms with E-state index in [-0.39, 0.29) is 55.2 Å². The molecule has 6 rings (SSSR count). The minimum absolute atomic E-state index is 0.0328. The number of ether oxygens (including phenoxy) is 5. The molecule has 2 saturated heterocycles. The number of phosphoric acid groups is 2. The highest BCUT2D eigenvalue weighted by atomic mass is 31.2. The summed E-state index contributed by atoms with van der Waals surface area (Å²) in [4.78, 5) is 100. The average molecular weight is 1030 g/mol. The second-order valence-electron chi connectivity index (χ2n) is 16.3. The fourth-order valence-electron chi connectivity index (χ4n) is 6.92. The molecule has 0 radical (unpaired) electrons. The van der Waals surface area contributed by atoms with Crippen molar-refractivity contribution in [1.82, 2.24) is 39.7 Å². The molecule has 2 fully saturated rings. The molecule has 33 heteroatoms. The fraction of sp³-hybridized carbons (Fsp3) is 0.514. The molecule has 3 aromatic heterocycles. The Morgan fingerprint density at radius 1 is 1.01 bits per heavy atom. The van der Waals surface area contributed by atoms with E-state index in [4.69, 9.17) is 49.7 Å². The number of aromatic nitrogens is 6. The third-order valence-electron chi connectivity index (χ3n) is 10.0. The summed E-state index contributed by atoms with van der Waals surface area (Å²) in [5.41, 5.74) is 19.3. The molecule has 2 aliphatic rings. The first-order valence-electron chi connectivity index (χ1n) is 20.9. The number of aliphatic hydroxyl groups is 1. The largest absolute Gasteiger partial charge is 0.472 e. The van der Waals surface area contributed by atoms with Crippen molar-refractivity contribution in [2.75, 3.05) is 31.2 Å². The molecule has 10 N–H and O–H groups in total. The van der Waals surface area contributed by atoms with Crippen molar-refractivity contribution in [2.45, 2.75) is 101 Å². The third kappa shape index (κ3) is 14.6. The topological polar surface area (TPSA) is 443 Å². The van der Waals surface area contributed by atoms with Crippen LogP contribution in [0.2, 0.25) is 0 Å². The Morgan fingerprint density at radius 3 is 2.43 bits per heavy atom. The van der Waals surface area contributed by atoms with E-state index in [1.165, 1.54) is 35.3 Å². The van der Waals surface area contributed by atoms with Crippen molar-refractivity contribution in [2.24, 2.45) is 5.11 Å². The first-order chi connectivity index (χ1) is 33.0. The Kier molecular flexibility index (Phi) is 17.1. The zero-order valence-corrected chi connectivity index (χ0v) is 39.1. The number of carbonyl (C=O) groups is 3. The minimum Gasteiger partial charge on any atom is -0.455 e. The molecule has 5 heterocycles. The Labute approximate surface area is 395 Å². The molecule has 0 saturated carbocycles. The first-order valence-corrected chi connectivity index (χ1v) is 23.9. The maximum absolute atomic E-state index is 14.0. The van der Waals surface area contributed by atoms with Crippen molar-refractivity contribution >= 4 is 62.3 Å². The second kappa shape index (κ2) is 22.6. The number of imidazole rings is 1. The number of amides is 2. The van der Waals surface area contributed by atoms with Gasteiger partial charge in [-0.2, -0.15) is 4.98 Å². The number of azide groups is 1. The Bertz CT molecular complexity index is 2710. The van der Waals surface area contributed by atoms with E-state index in [1.54, 1.807) is 32.9 Å². The number of nitrogens with two attached hydrogens (primary N) is 2. The van der Waals surface area contributed by atoms with Crippen LogP contribution in [0, 0.1) is 0 Å². The van der Waals surface area contributed by atoms with E-state index < -0.39 is 107 Å². The van der Waals surface area contributed by atoms with Crippen LogP contribution >= 0.6 is 15.6 Å². The second-order valence-corrected chi connectivity index (χ2v) is 19.0. The van der Waals surface area contributed by atoms with E-state index in [0.29, 0.717) is 11.3 Å². The SMILES string of the molecule is CC(C)(C)OC(=O)N[C@@H](CCCNC(=O)OCc1ccc(N=[N+]=[N-])cc1)C(=O)O[C@H]1[C@@H](O)[C@H](n2cnc3c(N)ncnc32)O[C@@H]1COP(=O)(O)O[C@H]1C[C@H](n2ccc(N)nc2=O)O[C@@H]1COP(=O)(O)O. The molecule has 4 aromatic rings. The Hall–Kier alpha value is -6.33. The van der Waals surface area contributed by atoms with Crippen LogP contribution in [-0.4, -0.2) is 129 Å². The van der Waals surface area contributed by atoms with Gasteiger partial charge in [-0.25, -0.2) is 43.3 Å². The number of phosphoric ester groups is 2. The number of hydrogen-bond acceptors (Lipinski definition) is 22. The Balaban J connectivity index is 1.17. The van der Waals surface area contributed by atoms with Gasteiger partial charge in [0, 0.05) is 29.8 Å². The number of anilines is 2. The number of carbonyl (C=O) groups excluding carboxylic acids is 3. The fourth-order valence-corrected chi connectivity index (χ4v) is 8.23. The predicted molar refractivity (Wildman–Crippen MR) is 235 cm³/mol. The lowest BCUT2D eigenvalue weighted by Crippen LogP contribution is -2.48. The van der Waals surface area contributed by atoms with Crippen LogP contribution in [0.5, 0.6) is 0 Å². The van der Waals surface area contributed by atoms with Gasteiger partial charge in [0.2, 0.25) is 0 Å². The first kappa shape index (κ1) is 53.0.